The number of nitrogens with two attached hydrogens (primary N) is 1. The lowest BCUT2D eigenvalue weighted by Gasteiger charge is -2.23. The first-order valence-electron chi connectivity index (χ1n) is 10.4. The lowest BCUT2D eigenvalue weighted by Crippen LogP contribution is -2.27. The molecule has 11 nitrogen and oxygen atoms in total. The molecule has 5 rings (SSSR count). The van der Waals surface area contributed by atoms with Gasteiger partial charge in [-0.1, -0.05) is 52.0 Å². The van der Waals surface area contributed by atoms with E-state index in [2.05, 4.69) is 15.0 Å². The minimum atomic E-state index is -3.99. The first kappa shape index (κ1) is 24.1. The van der Waals surface area contributed by atoms with Gasteiger partial charge in [0.2, 0.25) is 5.95 Å². The molecule has 0 unspecified atom stereocenters. The molecule has 0 saturated carbocycles. The number of aromatic nitrogens is 4. The van der Waals surface area contributed by atoms with Gasteiger partial charge in [-0.2, -0.15) is 4.98 Å². The Morgan fingerprint density at radius 2 is 2.09 bits per heavy atom. The van der Waals surface area contributed by atoms with E-state index in [1.807, 2.05) is 6.07 Å². The van der Waals surface area contributed by atoms with E-state index in [0.717, 1.165) is 0 Å². The van der Waals surface area contributed by atoms with E-state index in [0.29, 0.717) is 33.1 Å². The van der Waals surface area contributed by atoms with E-state index in [1.165, 1.54) is 6.33 Å². The maximum absolute atomic E-state index is 13.5. The first-order chi connectivity index (χ1) is 16.4. The number of H-pyrrole nitrogens is 1. The van der Waals surface area contributed by atoms with Crippen molar-refractivity contribution >= 4 is 58.7 Å². The average Bonchev–Trinajstić information content (AvgIpc) is 3.53. The van der Waals surface area contributed by atoms with Gasteiger partial charge in [0, 0.05) is 17.9 Å². The van der Waals surface area contributed by atoms with Gasteiger partial charge in [-0.15, -0.1) is 0 Å². The van der Waals surface area contributed by atoms with Crippen molar-refractivity contribution in [2.24, 2.45) is 0 Å². The van der Waals surface area contributed by atoms with Crippen LogP contribution in [0.2, 0.25) is 0 Å². The van der Waals surface area contributed by atoms with Gasteiger partial charge in [0.1, 0.15) is 28.2 Å². The number of aliphatic hydroxyl groups excluding tert-OH is 1. The van der Waals surface area contributed by atoms with Crippen LogP contribution in [0.5, 0.6) is 5.75 Å². The van der Waals surface area contributed by atoms with Gasteiger partial charge in [-0.25, -0.2) is 9.55 Å². The molecular weight excluding hydrogens is 521 g/mol. The van der Waals surface area contributed by atoms with Crippen molar-refractivity contribution < 1.29 is 28.0 Å². The highest BCUT2D eigenvalue weighted by molar-refractivity contribution is 8.77. The summed E-state index contributed by atoms with van der Waals surface area (Å²) < 4.78 is 38.6. The molecule has 3 aromatic rings. The summed E-state index contributed by atoms with van der Waals surface area (Å²) in [6.07, 6.45) is -0.751. The third-order valence-electron chi connectivity index (χ3n) is 5.19. The van der Waals surface area contributed by atoms with E-state index in [9.17, 15) is 9.67 Å². The normalized spacial score (nSPS) is 25.0. The fourth-order valence-electron chi connectivity index (χ4n) is 3.58. The lowest BCUT2D eigenvalue weighted by molar-refractivity contribution is -0.0442. The van der Waals surface area contributed by atoms with E-state index in [-0.39, 0.29) is 25.1 Å². The van der Waals surface area contributed by atoms with Crippen molar-refractivity contribution in [3.63, 3.8) is 0 Å². The van der Waals surface area contributed by atoms with Gasteiger partial charge < -0.3 is 25.1 Å². The van der Waals surface area contributed by atoms with Crippen LogP contribution in [-0.2, 0) is 18.3 Å². The number of hydrogen-bond donors (Lipinski definition) is 3. The molecule has 4 atom stereocenters. The number of rotatable bonds is 8. The predicted molar refractivity (Wildman–Crippen MR) is 132 cm³/mol. The number of anilines is 1. The van der Waals surface area contributed by atoms with Crippen LogP contribution in [0, 0.1) is 4.64 Å². The van der Waals surface area contributed by atoms with Crippen LogP contribution in [0.25, 0.3) is 11.2 Å². The number of benzene rings is 1. The maximum atomic E-state index is 13.5. The number of phosphoric ester groups is 1. The monoisotopic (exact) mass is 543 g/mol. The van der Waals surface area contributed by atoms with E-state index in [1.54, 1.807) is 50.4 Å². The summed E-state index contributed by atoms with van der Waals surface area (Å²) in [5.41, 5.74) is 6.70. The zero-order chi connectivity index (χ0) is 23.7. The molecular formula is C19H22N5O6PS3. The third-order valence-corrected chi connectivity index (χ3v) is 9.44. The number of para-hydroxylation sites is 1. The Bertz CT molecular complexity index is 1250. The fourth-order valence-corrected chi connectivity index (χ4v) is 7.92. The second-order valence-corrected chi connectivity index (χ2v) is 12.2. The van der Waals surface area contributed by atoms with Crippen LogP contribution in [0.3, 0.4) is 0 Å². The fraction of sp³-hybridized carbons (Fsp3) is 0.421. The van der Waals surface area contributed by atoms with Crippen LogP contribution in [0.4, 0.5) is 5.95 Å². The zero-order valence-corrected chi connectivity index (χ0v) is 21.0. The topological polar surface area (TPSA) is 147 Å². The largest absolute Gasteiger partial charge is 0.530 e. The van der Waals surface area contributed by atoms with Gasteiger partial charge in [-0.05, 0) is 12.1 Å². The Kier molecular flexibility index (Phi) is 7.19. The second kappa shape index (κ2) is 10.2. The van der Waals surface area contributed by atoms with Crippen molar-refractivity contribution in [2.45, 2.75) is 31.0 Å². The zero-order valence-electron chi connectivity index (χ0n) is 17.7. The van der Waals surface area contributed by atoms with E-state index >= 15 is 0 Å². The molecule has 4 heterocycles. The molecule has 34 heavy (non-hydrogen) atoms. The summed E-state index contributed by atoms with van der Waals surface area (Å²) in [5.74, 6) is 1.86. The van der Waals surface area contributed by atoms with Crippen molar-refractivity contribution in [3.8, 4) is 5.75 Å². The highest BCUT2D eigenvalue weighted by Gasteiger charge is 2.40. The molecule has 2 aliphatic heterocycles. The number of nitrogen functional groups attached to an aromatic ring is 1. The molecule has 182 valence electrons. The number of fused-ring (bicyclic) bond motifs is 1. The van der Waals surface area contributed by atoms with Gasteiger partial charge in [0.05, 0.1) is 25.1 Å². The van der Waals surface area contributed by atoms with Gasteiger partial charge in [0.15, 0.2) is 5.65 Å². The number of imidazole rings is 1. The molecule has 0 radical (unpaired) electrons. The molecule has 2 aliphatic rings. The van der Waals surface area contributed by atoms with Crippen molar-refractivity contribution in [1.82, 2.24) is 19.5 Å². The SMILES string of the molecule is Nc1nc2c(ncn2[C@H]2C[C@H](O)[C@@H](CO[P@@](=O)(Oc3ccccc3)OC3CSSC3)O2)c(=S)[nH]1. The van der Waals surface area contributed by atoms with Gasteiger partial charge >= 0.3 is 7.82 Å². The standard InChI is InChI=1S/C19H22N5O6PS3/c20-19-22-17-16(18(32)23-19)21-10-24(17)15-6-13(25)14(28-15)7-27-31(26,30-12-8-33-34-9-12)29-11-4-2-1-3-5-11/h1-5,10,12-15,25H,6-9H2,(H3,20,22,23,32)/t13-,14+,15+,31-/m0/s1. The first-order valence-corrected chi connectivity index (χ1v) is 14.7. The van der Waals surface area contributed by atoms with Crippen LogP contribution < -0.4 is 10.3 Å². The van der Waals surface area contributed by atoms with Crippen molar-refractivity contribution in [3.05, 3.63) is 41.3 Å². The summed E-state index contributed by atoms with van der Waals surface area (Å²) in [5, 5.41) is 10.6. The summed E-state index contributed by atoms with van der Waals surface area (Å²) >= 11 is 5.25. The Balaban J connectivity index is 1.30. The number of phosphoric acid groups is 1. The molecule has 15 heteroatoms. The van der Waals surface area contributed by atoms with Crippen LogP contribution in [-0.4, -0.2) is 61.1 Å². The third kappa shape index (κ3) is 5.29. The molecule has 2 aromatic heterocycles. The van der Waals surface area contributed by atoms with E-state index in [4.69, 9.17) is 36.3 Å². The minimum absolute atomic E-state index is 0.150. The molecule has 1 aromatic carbocycles. The lowest BCUT2D eigenvalue weighted by atomic mass is 10.2. The van der Waals surface area contributed by atoms with E-state index < -0.39 is 26.3 Å². The second-order valence-electron chi connectivity index (χ2n) is 7.65. The Labute approximate surface area is 207 Å². The molecule has 2 saturated heterocycles. The van der Waals surface area contributed by atoms with Gasteiger partial charge in [0.25, 0.3) is 0 Å². The summed E-state index contributed by atoms with van der Waals surface area (Å²) in [7, 11) is -0.713. The number of nitrogens with zero attached hydrogens (tertiary/aromatic N) is 3. The number of ether oxygens (including phenoxy) is 1. The molecule has 0 aliphatic carbocycles. The van der Waals surface area contributed by atoms with Crippen LogP contribution >= 0.6 is 41.6 Å². The molecule has 2 fully saturated rings. The summed E-state index contributed by atoms with van der Waals surface area (Å²) in [6.45, 7) is -0.197. The average molecular weight is 544 g/mol. The Morgan fingerprint density at radius 3 is 2.85 bits per heavy atom. The smallest absolute Gasteiger partial charge is 0.404 e. The number of nitrogens with one attached hydrogen (secondary N) is 1. The number of hydrogen-bond acceptors (Lipinski definition) is 12. The van der Waals surface area contributed by atoms with Crippen molar-refractivity contribution in [1.29, 1.82) is 0 Å². The predicted octanol–water partition coefficient (Wildman–Crippen LogP) is 3.70. The number of aliphatic hydroxyl groups is 1. The summed E-state index contributed by atoms with van der Waals surface area (Å²) in [4.78, 5) is 11.3. The molecule has 4 N–H and O–H groups in total. The Hall–Kier alpha value is -1.64. The van der Waals surface area contributed by atoms with Crippen molar-refractivity contribution in [2.75, 3.05) is 23.8 Å². The molecule has 0 spiro atoms. The van der Waals surface area contributed by atoms with Crippen LogP contribution in [0.15, 0.2) is 36.7 Å². The van der Waals surface area contributed by atoms with Gasteiger partial charge in [-0.3, -0.25) is 13.6 Å². The molecule has 0 amide bonds. The maximum Gasteiger partial charge on any atom is 0.530 e. The van der Waals surface area contributed by atoms with Crippen LogP contribution in [0.1, 0.15) is 12.6 Å². The minimum Gasteiger partial charge on any atom is -0.404 e. The number of aromatic amines is 1. The highest BCUT2D eigenvalue weighted by atomic mass is 33.1. The summed E-state index contributed by atoms with van der Waals surface area (Å²) in [6, 6.07) is 8.68. The quantitative estimate of drug-likeness (QED) is 0.216. The molecule has 0 bridgehead atoms. The highest BCUT2D eigenvalue weighted by Crippen LogP contribution is 2.53. The Morgan fingerprint density at radius 1 is 1.32 bits per heavy atom.